The molecule has 1 atom stereocenters. The van der Waals surface area contributed by atoms with Gasteiger partial charge in [0.1, 0.15) is 6.04 Å². The molecular formula is C20H23BrN2O3S. The quantitative estimate of drug-likeness (QED) is 0.756. The van der Waals surface area contributed by atoms with Crippen LogP contribution in [0.1, 0.15) is 30.4 Å². The van der Waals surface area contributed by atoms with Gasteiger partial charge in [-0.15, -0.1) is 0 Å². The summed E-state index contributed by atoms with van der Waals surface area (Å²) >= 11 is 3.32. The van der Waals surface area contributed by atoms with E-state index in [0.29, 0.717) is 13.0 Å². The van der Waals surface area contributed by atoms with E-state index in [1.165, 1.54) is 4.31 Å². The Labute approximate surface area is 169 Å². The summed E-state index contributed by atoms with van der Waals surface area (Å²) in [6.07, 6.45) is 2.10. The molecule has 0 radical (unpaired) electrons. The van der Waals surface area contributed by atoms with Crippen LogP contribution in [-0.4, -0.2) is 31.2 Å². The van der Waals surface area contributed by atoms with Crippen LogP contribution in [-0.2, 0) is 14.8 Å². The zero-order chi connectivity index (χ0) is 19.6. The number of rotatable bonds is 4. The van der Waals surface area contributed by atoms with Gasteiger partial charge in [-0.05, 0) is 62.1 Å². The first kappa shape index (κ1) is 20.0. The van der Waals surface area contributed by atoms with E-state index in [-0.39, 0.29) is 10.8 Å². The van der Waals surface area contributed by atoms with Gasteiger partial charge in [0.05, 0.1) is 4.90 Å². The normalized spacial score (nSPS) is 18.3. The Hall–Kier alpha value is -1.70. The van der Waals surface area contributed by atoms with E-state index in [1.54, 1.807) is 24.3 Å². The van der Waals surface area contributed by atoms with Crippen molar-refractivity contribution in [2.75, 3.05) is 11.9 Å². The summed E-state index contributed by atoms with van der Waals surface area (Å²) in [7, 11) is -3.73. The van der Waals surface area contributed by atoms with E-state index in [2.05, 4.69) is 21.2 Å². The number of nitrogens with zero attached hydrogens (tertiary/aromatic N) is 1. The van der Waals surface area contributed by atoms with Crippen molar-refractivity contribution in [3.05, 3.63) is 58.1 Å². The monoisotopic (exact) mass is 450 g/mol. The Kier molecular flexibility index (Phi) is 6.03. The Bertz CT molecular complexity index is 922. The molecule has 0 spiro atoms. The number of hydrogen-bond donors (Lipinski definition) is 1. The smallest absolute Gasteiger partial charge is 0.243 e. The number of hydrogen-bond acceptors (Lipinski definition) is 3. The maximum absolute atomic E-state index is 13.1. The van der Waals surface area contributed by atoms with E-state index in [9.17, 15) is 13.2 Å². The Morgan fingerprint density at radius 2 is 1.70 bits per heavy atom. The third-order valence-electron chi connectivity index (χ3n) is 4.91. The van der Waals surface area contributed by atoms with Crippen LogP contribution < -0.4 is 5.32 Å². The number of halogens is 1. The van der Waals surface area contributed by atoms with Gasteiger partial charge in [-0.1, -0.05) is 40.5 Å². The molecule has 1 fully saturated rings. The highest BCUT2D eigenvalue weighted by Crippen LogP contribution is 2.28. The van der Waals surface area contributed by atoms with E-state index < -0.39 is 16.1 Å². The molecule has 144 valence electrons. The SMILES string of the molecule is Cc1cccc(C)c1NC(=O)[C@H]1CCCCN1S(=O)(=O)c1ccc(Br)cc1. The van der Waals surface area contributed by atoms with Gasteiger partial charge in [0.2, 0.25) is 15.9 Å². The Morgan fingerprint density at radius 1 is 1.07 bits per heavy atom. The fourth-order valence-corrected chi connectivity index (χ4v) is 5.34. The number of benzene rings is 2. The maximum atomic E-state index is 13.1. The lowest BCUT2D eigenvalue weighted by Gasteiger charge is -2.34. The van der Waals surface area contributed by atoms with Crippen molar-refractivity contribution >= 4 is 37.5 Å². The van der Waals surface area contributed by atoms with Crippen molar-refractivity contribution in [2.24, 2.45) is 0 Å². The summed E-state index contributed by atoms with van der Waals surface area (Å²) in [4.78, 5) is 13.2. The molecule has 3 rings (SSSR count). The van der Waals surface area contributed by atoms with Crippen LogP contribution in [0.3, 0.4) is 0 Å². The highest BCUT2D eigenvalue weighted by Gasteiger charge is 2.37. The fourth-order valence-electron chi connectivity index (χ4n) is 3.41. The molecule has 5 nitrogen and oxygen atoms in total. The van der Waals surface area contributed by atoms with Crippen LogP contribution in [0.4, 0.5) is 5.69 Å². The van der Waals surface area contributed by atoms with Gasteiger partial charge in [-0.25, -0.2) is 8.42 Å². The van der Waals surface area contributed by atoms with Crippen molar-refractivity contribution in [3.8, 4) is 0 Å². The van der Waals surface area contributed by atoms with Gasteiger partial charge in [-0.2, -0.15) is 4.31 Å². The fraction of sp³-hybridized carbons (Fsp3) is 0.350. The summed E-state index contributed by atoms with van der Waals surface area (Å²) in [5.41, 5.74) is 2.68. The van der Waals surface area contributed by atoms with Crippen molar-refractivity contribution in [2.45, 2.75) is 44.0 Å². The molecule has 27 heavy (non-hydrogen) atoms. The summed E-state index contributed by atoms with van der Waals surface area (Å²) in [5.74, 6) is -0.271. The van der Waals surface area contributed by atoms with Gasteiger partial charge in [-0.3, -0.25) is 4.79 Å². The second kappa shape index (κ2) is 8.12. The van der Waals surface area contributed by atoms with E-state index in [0.717, 1.165) is 34.1 Å². The number of carbonyl (C=O) groups excluding carboxylic acids is 1. The highest BCUT2D eigenvalue weighted by atomic mass is 79.9. The van der Waals surface area contributed by atoms with E-state index >= 15 is 0 Å². The Balaban J connectivity index is 1.89. The first-order valence-corrected chi connectivity index (χ1v) is 11.2. The van der Waals surface area contributed by atoms with Gasteiger partial charge < -0.3 is 5.32 Å². The first-order valence-electron chi connectivity index (χ1n) is 8.95. The minimum atomic E-state index is -3.73. The lowest BCUT2D eigenvalue weighted by atomic mass is 10.0. The average molecular weight is 451 g/mol. The van der Waals surface area contributed by atoms with Crippen molar-refractivity contribution in [1.82, 2.24) is 4.31 Å². The standard InChI is InChI=1S/C20H23BrN2O3S/c1-14-6-5-7-15(2)19(14)22-20(24)18-8-3-4-13-23(18)27(25,26)17-11-9-16(21)10-12-17/h5-7,9-12,18H,3-4,8,13H2,1-2H3,(H,22,24)/t18-/m1/s1. The lowest BCUT2D eigenvalue weighted by Crippen LogP contribution is -2.49. The molecule has 0 aliphatic carbocycles. The summed E-state index contributed by atoms with van der Waals surface area (Å²) in [6.45, 7) is 4.21. The molecule has 1 N–H and O–H groups in total. The molecule has 1 heterocycles. The average Bonchev–Trinajstić information content (AvgIpc) is 2.65. The zero-order valence-corrected chi connectivity index (χ0v) is 17.8. The van der Waals surface area contributed by atoms with Crippen molar-refractivity contribution in [3.63, 3.8) is 0 Å². The summed E-state index contributed by atoms with van der Waals surface area (Å²) in [6, 6.07) is 11.6. The number of carbonyl (C=O) groups is 1. The van der Waals surface area contributed by atoms with Crippen LogP contribution in [0.25, 0.3) is 0 Å². The van der Waals surface area contributed by atoms with Crippen LogP contribution >= 0.6 is 15.9 Å². The lowest BCUT2D eigenvalue weighted by molar-refractivity contribution is -0.120. The number of nitrogens with one attached hydrogen (secondary N) is 1. The number of amides is 1. The Morgan fingerprint density at radius 3 is 2.33 bits per heavy atom. The maximum Gasteiger partial charge on any atom is 0.243 e. The molecule has 2 aromatic carbocycles. The number of para-hydroxylation sites is 1. The predicted molar refractivity (Wildman–Crippen MR) is 110 cm³/mol. The second-order valence-corrected chi connectivity index (χ2v) is 9.64. The van der Waals surface area contributed by atoms with Gasteiger partial charge in [0.25, 0.3) is 0 Å². The molecule has 0 bridgehead atoms. The molecule has 7 heteroatoms. The summed E-state index contributed by atoms with van der Waals surface area (Å²) < 4.78 is 28.4. The number of aryl methyl sites for hydroxylation is 2. The number of sulfonamides is 1. The minimum Gasteiger partial charge on any atom is -0.324 e. The molecule has 0 saturated carbocycles. The molecular weight excluding hydrogens is 428 g/mol. The van der Waals surface area contributed by atoms with E-state index in [4.69, 9.17) is 0 Å². The van der Waals surface area contributed by atoms with Crippen molar-refractivity contribution < 1.29 is 13.2 Å². The number of piperidine rings is 1. The second-order valence-electron chi connectivity index (χ2n) is 6.84. The molecule has 1 aliphatic rings. The molecule has 0 aromatic heterocycles. The largest absolute Gasteiger partial charge is 0.324 e. The van der Waals surface area contributed by atoms with E-state index in [1.807, 2.05) is 32.0 Å². The minimum absolute atomic E-state index is 0.206. The molecule has 0 unspecified atom stereocenters. The van der Waals surface area contributed by atoms with Crippen LogP contribution in [0, 0.1) is 13.8 Å². The van der Waals surface area contributed by atoms with Crippen molar-refractivity contribution in [1.29, 1.82) is 0 Å². The van der Waals surface area contributed by atoms with Crippen LogP contribution in [0.5, 0.6) is 0 Å². The summed E-state index contributed by atoms with van der Waals surface area (Å²) in [5, 5.41) is 2.96. The first-order chi connectivity index (χ1) is 12.8. The van der Waals surface area contributed by atoms with Crippen LogP contribution in [0.2, 0.25) is 0 Å². The van der Waals surface area contributed by atoms with Gasteiger partial charge in [0, 0.05) is 16.7 Å². The molecule has 1 saturated heterocycles. The van der Waals surface area contributed by atoms with Gasteiger partial charge in [0.15, 0.2) is 0 Å². The van der Waals surface area contributed by atoms with Gasteiger partial charge >= 0.3 is 0 Å². The molecule has 1 aliphatic heterocycles. The topological polar surface area (TPSA) is 66.5 Å². The molecule has 2 aromatic rings. The highest BCUT2D eigenvalue weighted by molar-refractivity contribution is 9.10. The molecule has 1 amide bonds. The third-order valence-corrected chi connectivity index (χ3v) is 7.36. The van der Waals surface area contributed by atoms with Crippen LogP contribution in [0.15, 0.2) is 51.8 Å². The predicted octanol–water partition coefficient (Wildman–Crippen LogP) is 4.25. The third kappa shape index (κ3) is 4.25. The zero-order valence-electron chi connectivity index (χ0n) is 15.4. The number of anilines is 1.